The predicted octanol–water partition coefficient (Wildman–Crippen LogP) is 0.271. The van der Waals surface area contributed by atoms with E-state index in [1.165, 1.54) is 11.1 Å². The summed E-state index contributed by atoms with van der Waals surface area (Å²) in [6.45, 7) is 2.30. The Balaban J connectivity index is 1.85. The van der Waals surface area contributed by atoms with Crippen LogP contribution in [0.5, 0.6) is 0 Å². The molecule has 1 saturated heterocycles. The average molecular weight is 305 g/mol. The number of ether oxygens (including phenoxy) is 1. The maximum absolute atomic E-state index is 12.0. The van der Waals surface area contributed by atoms with Crippen molar-refractivity contribution in [3.8, 4) is 0 Å². The molecule has 2 amide bonds. The molecule has 1 aliphatic heterocycles. The van der Waals surface area contributed by atoms with Crippen LogP contribution in [0.25, 0.3) is 0 Å². The SMILES string of the molecule is Cc1ccc(C(=O)OCC(=O)N2CCC[C@H](C(N)=O)C2)cn1. The molecule has 7 nitrogen and oxygen atoms in total. The highest BCUT2D eigenvalue weighted by atomic mass is 16.5. The summed E-state index contributed by atoms with van der Waals surface area (Å²) in [5, 5.41) is 0. The van der Waals surface area contributed by atoms with E-state index in [4.69, 9.17) is 10.5 Å². The van der Waals surface area contributed by atoms with Crippen LogP contribution in [0.2, 0.25) is 0 Å². The lowest BCUT2D eigenvalue weighted by Gasteiger charge is -2.31. The maximum Gasteiger partial charge on any atom is 0.340 e. The van der Waals surface area contributed by atoms with Gasteiger partial charge in [0.05, 0.1) is 11.5 Å². The molecule has 2 N–H and O–H groups in total. The number of pyridine rings is 1. The summed E-state index contributed by atoms with van der Waals surface area (Å²) in [7, 11) is 0. The summed E-state index contributed by atoms with van der Waals surface area (Å²) in [5.41, 5.74) is 6.36. The molecule has 22 heavy (non-hydrogen) atoms. The normalized spacial score (nSPS) is 17.9. The number of likely N-dealkylation sites (tertiary alicyclic amines) is 1. The van der Waals surface area contributed by atoms with E-state index in [-0.39, 0.29) is 25.0 Å². The molecule has 0 spiro atoms. The topological polar surface area (TPSA) is 103 Å². The van der Waals surface area contributed by atoms with E-state index in [1.807, 2.05) is 6.92 Å². The lowest BCUT2D eigenvalue weighted by Crippen LogP contribution is -2.45. The Kier molecular flexibility index (Phi) is 5.08. The molecule has 118 valence electrons. The van der Waals surface area contributed by atoms with Gasteiger partial charge in [-0.15, -0.1) is 0 Å². The van der Waals surface area contributed by atoms with Crippen molar-refractivity contribution >= 4 is 17.8 Å². The van der Waals surface area contributed by atoms with E-state index >= 15 is 0 Å². The first-order valence-corrected chi connectivity index (χ1v) is 7.14. The van der Waals surface area contributed by atoms with E-state index in [0.717, 1.165) is 12.1 Å². The summed E-state index contributed by atoms with van der Waals surface area (Å²) in [5.74, 6) is -1.64. The third-order valence-electron chi connectivity index (χ3n) is 3.65. The zero-order valence-corrected chi connectivity index (χ0v) is 12.4. The molecule has 2 heterocycles. The molecular formula is C15H19N3O4. The number of piperidine rings is 1. The Morgan fingerprint density at radius 2 is 2.18 bits per heavy atom. The molecule has 1 atom stereocenters. The highest BCUT2D eigenvalue weighted by molar-refractivity contribution is 5.91. The van der Waals surface area contributed by atoms with Crippen LogP contribution in [0, 0.1) is 12.8 Å². The molecular weight excluding hydrogens is 286 g/mol. The van der Waals surface area contributed by atoms with Crippen LogP contribution in [-0.2, 0) is 14.3 Å². The number of carbonyl (C=O) groups is 3. The van der Waals surface area contributed by atoms with Crippen LogP contribution >= 0.6 is 0 Å². The highest BCUT2D eigenvalue weighted by Crippen LogP contribution is 2.16. The van der Waals surface area contributed by atoms with E-state index in [0.29, 0.717) is 18.5 Å². The second kappa shape index (κ2) is 7.02. The minimum absolute atomic E-state index is 0.289. The lowest BCUT2D eigenvalue weighted by atomic mass is 9.97. The van der Waals surface area contributed by atoms with Crippen molar-refractivity contribution in [2.45, 2.75) is 19.8 Å². The van der Waals surface area contributed by atoms with Crippen LogP contribution < -0.4 is 5.73 Å². The van der Waals surface area contributed by atoms with Crippen molar-refractivity contribution in [1.29, 1.82) is 0 Å². The van der Waals surface area contributed by atoms with Gasteiger partial charge in [0.1, 0.15) is 0 Å². The van der Waals surface area contributed by atoms with Gasteiger partial charge < -0.3 is 15.4 Å². The van der Waals surface area contributed by atoms with E-state index in [2.05, 4.69) is 4.98 Å². The maximum atomic E-state index is 12.0. The number of hydrogen-bond donors (Lipinski definition) is 1. The predicted molar refractivity (Wildman–Crippen MR) is 77.8 cm³/mol. The smallest absolute Gasteiger partial charge is 0.340 e. The molecule has 0 radical (unpaired) electrons. The largest absolute Gasteiger partial charge is 0.452 e. The number of amides is 2. The average Bonchev–Trinajstić information content (AvgIpc) is 2.53. The first-order valence-electron chi connectivity index (χ1n) is 7.14. The van der Waals surface area contributed by atoms with Gasteiger partial charge in [0.15, 0.2) is 6.61 Å². The molecule has 7 heteroatoms. The number of carbonyl (C=O) groups excluding carboxylic acids is 3. The van der Waals surface area contributed by atoms with E-state index in [1.54, 1.807) is 12.1 Å². The fourth-order valence-corrected chi connectivity index (χ4v) is 2.33. The number of nitrogens with two attached hydrogens (primary N) is 1. The Labute approximate surface area is 128 Å². The van der Waals surface area contributed by atoms with Crippen molar-refractivity contribution in [3.05, 3.63) is 29.6 Å². The van der Waals surface area contributed by atoms with Crippen LogP contribution in [0.1, 0.15) is 28.9 Å². The quantitative estimate of drug-likeness (QED) is 0.804. The van der Waals surface area contributed by atoms with Gasteiger partial charge in [0.25, 0.3) is 5.91 Å². The Morgan fingerprint density at radius 3 is 2.82 bits per heavy atom. The molecule has 0 saturated carbocycles. The summed E-state index contributed by atoms with van der Waals surface area (Å²) < 4.78 is 4.99. The third kappa shape index (κ3) is 4.03. The first-order chi connectivity index (χ1) is 10.5. The minimum atomic E-state index is -0.593. The van der Waals surface area contributed by atoms with Crippen molar-refractivity contribution in [3.63, 3.8) is 0 Å². The van der Waals surface area contributed by atoms with Crippen LogP contribution in [-0.4, -0.2) is 47.4 Å². The second-order valence-electron chi connectivity index (χ2n) is 5.35. The number of hydrogen-bond acceptors (Lipinski definition) is 5. The summed E-state index contributed by atoms with van der Waals surface area (Å²) in [6, 6.07) is 3.29. The van der Waals surface area contributed by atoms with Gasteiger partial charge in [-0.05, 0) is 31.9 Å². The first kappa shape index (κ1) is 15.9. The van der Waals surface area contributed by atoms with Crippen LogP contribution in [0.4, 0.5) is 0 Å². The van der Waals surface area contributed by atoms with Gasteiger partial charge in [-0.1, -0.05) is 0 Å². The monoisotopic (exact) mass is 305 g/mol. The third-order valence-corrected chi connectivity index (χ3v) is 3.65. The molecule has 0 bridgehead atoms. The molecule has 2 rings (SSSR count). The van der Waals surface area contributed by atoms with Crippen LogP contribution in [0.3, 0.4) is 0 Å². The standard InChI is InChI=1S/C15H19N3O4/c1-10-4-5-11(7-17-10)15(21)22-9-13(19)18-6-2-3-12(8-18)14(16)20/h4-5,7,12H,2-3,6,8-9H2,1H3,(H2,16,20)/t12-/m0/s1. The molecule has 1 aromatic rings. The number of nitrogens with zero attached hydrogens (tertiary/aromatic N) is 2. The van der Waals surface area contributed by atoms with Crippen molar-refractivity contribution < 1.29 is 19.1 Å². The van der Waals surface area contributed by atoms with Gasteiger partial charge in [-0.2, -0.15) is 0 Å². The van der Waals surface area contributed by atoms with Gasteiger partial charge in [0.2, 0.25) is 5.91 Å². The fourth-order valence-electron chi connectivity index (χ4n) is 2.33. The summed E-state index contributed by atoms with van der Waals surface area (Å²) >= 11 is 0. The molecule has 1 fully saturated rings. The van der Waals surface area contributed by atoms with Crippen molar-refractivity contribution in [2.24, 2.45) is 11.7 Å². The number of esters is 1. The van der Waals surface area contributed by atoms with Gasteiger partial charge in [-0.25, -0.2) is 4.79 Å². The minimum Gasteiger partial charge on any atom is -0.452 e. The van der Waals surface area contributed by atoms with Crippen molar-refractivity contribution in [2.75, 3.05) is 19.7 Å². The molecule has 0 aliphatic carbocycles. The van der Waals surface area contributed by atoms with Crippen molar-refractivity contribution in [1.82, 2.24) is 9.88 Å². The number of aromatic nitrogens is 1. The number of rotatable bonds is 4. The number of primary amides is 1. The number of aryl methyl sites for hydroxylation is 1. The molecule has 0 aromatic carbocycles. The zero-order chi connectivity index (χ0) is 16.1. The molecule has 0 unspecified atom stereocenters. The Morgan fingerprint density at radius 1 is 1.41 bits per heavy atom. The molecule has 1 aliphatic rings. The highest BCUT2D eigenvalue weighted by Gasteiger charge is 2.27. The Hall–Kier alpha value is -2.44. The summed E-state index contributed by atoms with van der Waals surface area (Å²) in [6.07, 6.45) is 2.81. The summed E-state index contributed by atoms with van der Waals surface area (Å²) in [4.78, 5) is 40.6. The van der Waals surface area contributed by atoms with E-state index < -0.39 is 11.9 Å². The fraction of sp³-hybridized carbons (Fsp3) is 0.467. The van der Waals surface area contributed by atoms with E-state index in [9.17, 15) is 14.4 Å². The van der Waals surface area contributed by atoms with Gasteiger partial charge >= 0.3 is 5.97 Å². The second-order valence-corrected chi connectivity index (χ2v) is 5.35. The zero-order valence-electron chi connectivity index (χ0n) is 12.4. The lowest BCUT2D eigenvalue weighted by molar-refractivity contribution is -0.137. The van der Waals surface area contributed by atoms with Gasteiger partial charge in [-0.3, -0.25) is 14.6 Å². The van der Waals surface area contributed by atoms with Gasteiger partial charge in [0, 0.05) is 25.0 Å². The van der Waals surface area contributed by atoms with Crippen LogP contribution in [0.15, 0.2) is 18.3 Å². The Bertz CT molecular complexity index is 571. The molecule has 1 aromatic heterocycles.